The summed E-state index contributed by atoms with van der Waals surface area (Å²) in [6, 6.07) is 20.4. The summed E-state index contributed by atoms with van der Waals surface area (Å²) < 4.78 is 25.9. The molecule has 1 aromatic heterocycles. The molecule has 16 heteroatoms. The summed E-state index contributed by atoms with van der Waals surface area (Å²) in [6.07, 6.45) is 4.91. The first-order valence-corrected chi connectivity index (χ1v) is 22.2. The molecule has 59 heavy (non-hydrogen) atoms. The van der Waals surface area contributed by atoms with Crippen LogP contribution in [0, 0.1) is 0 Å². The molecule has 4 aromatic rings. The third-order valence-corrected chi connectivity index (χ3v) is 14.6. The molecule has 0 aliphatic carbocycles. The van der Waals surface area contributed by atoms with E-state index in [9.17, 15) is 27.9 Å². The first-order chi connectivity index (χ1) is 28.3. The highest BCUT2D eigenvalue weighted by atomic mass is 35.5. The van der Waals surface area contributed by atoms with Crippen LogP contribution in [0.1, 0.15) is 79.4 Å². The zero-order chi connectivity index (χ0) is 41.5. The number of likely N-dealkylation sites (tertiary alicyclic amines) is 1. The molecule has 3 amide bonds. The second-order valence-electron chi connectivity index (χ2n) is 16.3. The molecule has 4 aliphatic heterocycles. The smallest absolute Gasteiger partial charge is 0.255 e. The van der Waals surface area contributed by atoms with Gasteiger partial charge in [0, 0.05) is 63.0 Å². The van der Waals surface area contributed by atoms with Gasteiger partial charge in [-0.2, -0.15) is 4.98 Å². The van der Waals surface area contributed by atoms with E-state index in [1.54, 1.807) is 44.2 Å². The number of sulfone groups is 1. The number of benzene rings is 3. The van der Waals surface area contributed by atoms with Crippen molar-refractivity contribution >= 4 is 62.3 Å². The third-order valence-electron chi connectivity index (χ3n) is 12.1. The molecule has 310 valence electrons. The van der Waals surface area contributed by atoms with Crippen LogP contribution in [0.5, 0.6) is 0 Å². The summed E-state index contributed by atoms with van der Waals surface area (Å²) in [7, 11) is -3.53. The SMILES string of the molecule is CC(C)S(=O)(=O)c1ccccc1Nc1nc(NC2CCN(c3ccc(CN4CCC(O)(c5ccc6c(c5)CN(C5CCC(=O)NC5=O)C6=O)CC4)cc3)CC2)ncc1Cl. The molecule has 3 aromatic carbocycles. The molecule has 0 saturated carbocycles. The maximum atomic E-state index is 13.2. The number of piperidine rings is 3. The lowest BCUT2D eigenvalue weighted by molar-refractivity contribution is -0.136. The van der Waals surface area contributed by atoms with E-state index in [2.05, 4.69) is 60.0 Å². The van der Waals surface area contributed by atoms with E-state index in [4.69, 9.17) is 11.6 Å². The van der Waals surface area contributed by atoms with E-state index in [1.165, 1.54) is 16.7 Å². The van der Waals surface area contributed by atoms with Gasteiger partial charge in [-0.15, -0.1) is 0 Å². The van der Waals surface area contributed by atoms with Crippen molar-refractivity contribution in [2.75, 3.05) is 41.7 Å². The van der Waals surface area contributed by atoms with Gasteiger partial charge in [0.05, 0.1) is 27.6 Å². The summed E-state index contributed by atoms with van der Waals surface area (Å²) in [5.74, 6) is -0.218. The summed E-state index contributed by atoms with van der Waals surface area (Å²) in [5.41, 5.74) is 3.90. The van der Waals surface area contributed by atoms with Gasteiger partial charge in [0.15, 0.2) is 15.7 Å². The number of aromatic nitrogens is 2. The number of amides is 3. The second kappa shape index (κ2) is 16.5. The number of carbonyl (C=O) groups is 3. The van der Waals surface area contributed by atoms with Crippen molar-refractivity contribution in [3.8, 4) is 0 Å². The van der Waals surface area contributed by atoms with Gasteiger partial charge in [0.2, 0.25) is 17.8 Å². The molecule has 14 nitrogen and oxygen atoms in total. The van der Waals surface area contributed by atoms with Crippen LogP contribution < -0.4 is 20.9 Å². The van der Waals surface area contributed by atoms with Crippen LogP contribution >= 0.6 is 11.6 Å². The number of rotatable bonds is 11. The minimum atomic E-state index is -3.53. The predicted molar refractivity (Wildman–Crippen MR) is 225 cm³/mol. The summed E-state index contributed by atoms with van der Waals surface area (Å²) >= 11 is 6.44. The fourth-order valence-electron chi connectivity index (χ4n) is 8.49. The molecule has 0 radical (unpaired) electrons. The Kier molecular flexibility index (Phi) is 11.4. The molecular weight excluding hydrogens is 792 g/mol. The fraction of sp³-hybridized carbons (Fsp3) is 0.419. The van der Waals surface area contributed by atoms with Crippen LogP contribution in [0.2, 0.25) is 5.02 Å². The number of fused-ring (bicyclic) bond motifs is 1. The first kappa shape index (κ1) is 40.7. The van der Waals surface area contributed by atoms with E-state index in [0.717, 1.165) is 62.4 Å². The van der Waals surface area contributed by atoms with Gasteiger partial charge in [-0.1, -0.05) is 48.0 Å². The van der Waals surface area contributed by atoms with Crippen molar-refractivity contribution in [3.63, 3.8) is 0 Å². The Morgan fingerprint density at radius 3 is 2.41 bits per heavy atom. The van der Waals surface area contributed by atoms with Crippen molar-refractivity contribution in [3.05, 3.63) is 100 Å². The van der Waals surface area contributed by atoms with E-state index >= 15 is 0 Å². The molecular formula is C43H49ClN8O6S. The van der Waals surface area contributed by atoms with Gasteiger partial charge < -0.3 is 25.5 Å². The number of para-hydroxylation sites is 1. The summed E-state index contributed by atoms with van der Waals surface area (Å²) in [6.45, 7) is 7.51. The summed E-state index contributed by atoms with van der Waals surface area (Å²) in [4.78, 5) is 52.7. The molecule has 0 spiro atoms. The lowest BCUT2D eigenvalue weighted by atomic mass is 9.83. The monoisotopic (exact) mass is 840 g/mol. The van der Waals surface area contributed by atoms with Crippen LogP contribution in [0.25, 0.3) is 0 Å². The van der Waals surface area contributed by atoms with Crippen LogP contribution in [0.15, 0.2) is 77.8 Å². The average molecular weight is 841 g/mol. The van der Waals surface area contributed by atoms with Crippen molar-refractivity contribution in [2.45, 2.75) is 93.3 Å². The quantitative estimate of drug-likeness (QED) is 0.142. The van der Waals surface area contributed by atoms with Crippen LogP contribution in [0.3, 0.4) is 0 Å². The van der Waals surface area contributed by atoms with E-state index < -0.39 is 32.6 Å². The largest absolute Gasteiger partial charge is 0.385 e. The maximum absolute atomic E-state index is 13.2. The number of nitrogens with zero attached hydrogens (tertiary/aromatic N) is 5. The Morgan fingerprint density at radius 2 is 1.69 bits per heavy atom. The Bertz CT molecular complexity index is 2360. The lowest BCUT2D eigenvalue weighted by Gasteiger charge is -2.39. The highest BCUT2D eigenvalue weighted by Crippen LogP contribution is 2.37. The van der Waals surface area contributed by atoms with Crippen LogP contribution in [-0.2, 0) is 38.1 Å². The maximum Gasteiger partial charge on any atom is 0.255 e. The minimum absolute atomic E-state index is 0.151. The molecule has 4 aliphatic rings. The van der Waals surface area contributed by atoms with Crippen molar-refractivity contribution in [1.82, 2.24) is 25.1 Å². The van der Waals surface area contributed by atoms with Crippen molar-refractivity contribution in [2.24, 2.45) is 0 Å². The zero-order valence-corrected chi connectivity index (χ0v) is 34.7. The van der Waals surface area contributed by atoms with Gasteiger partial charge in [-0.05, 0) is 93.0 Å². The first-order valence-electron chi connectivity index (χ1n) is 20.2. The number of halogens is 1. The Labute approximate surface area is 349 Å². The number of imide groups is 1. The van der Waals surface area contributed by atoms with Gasteiger partial charge in [-0.25, -0.2) is 13.4 Å². The van der Waals surface area contributed by atoms with Gasteiger partial charge in [0.25, 0.3) is 5.91 Å². The van der Waals surface area contributed by atoms with Gasteiger partial charge in [0.1, 0.15) is 11.1 Å². The number of hydrogen-bond donors (Lipinski definition) is 4. The minimum Gasteiger partial charge on any atom is -0.385 e. The normalized spacial score (nSPS) is 20.2. The van der Waals surface area contributed by atoms with E-state index in [1.807, 2.05) is 12.1 Å². The highest BCUT2D eigenvalue weighted by Gasteiger charge is 2.41. The number of carbonyl (C=O) groups excluding carboxylic acids is 3. The number of anilines is 4. The predicted octanol–water partition coefficient (Wildman–Crippen LogP) is 5.38. The average Bonchev–Trinajstić information content (AvgIpc) is 3.55. The molecule has 3 fully saturated rings. The molecule has 0 bridgehead atoms. The molecule has 3 saturated heterocycles. The molecule has 8 rings (SSSR count). The lowest BCUT2D eigenvalue weighted by Crippen LogP contribution is -2.52. The molecule has 1 unspecified atom stereocenters. The highest BCUT2D eigenvalue weighted by molar-refractivity contribution is 7.92. The topological polar surface area (TPSA) is 177 Å². The second-order valence-corrected chi connectivity index (χ2v) is 19.1. The Hall–Kier alpha value is -5.09. The standard InChI is InChI=1S/C43H49ClN8O6S/c1-27(2)59(57,58)37-6-4-3-5-35(37)47-39-34(44)24-45-42(49-39)46-31-15-19-51(20-16-31)32-10-7-28(8-11-32)25-50-21-17-43(56,18-22-50)30-9-12-33-29(23-30)26-52(41(33)55)36-13-14-38(53)48-40(36)54/h3-12,23-24,27,31,36,56H,13-22,25-26H2,1-2H3,(H,48,53,54)(H2,45,46,47,49). The molecule has 4 N–H and O–H groups in total. The summed E-state index contributed by atoms with van der Waals surface area (Å²) in [5, 5.41) is 20.4. The van der Waals surface area contributed by atoms with Crippen LogP contribution in [0.4, 0.5) is 23.1 Å². The van der Waals surface area contributed by atoms with E-state index in [0.29, 0.717) is 42.3 Å². The molecule has 5 heterocycles. The number of nitrogens with one attached hydrogen (secondary N) is 3. The molecule has 1 atom stereocenters. The van der Waals surface area contributed by atoms with Crippen molar-refractivity contribution in [1.29, 1.82) is 0 Å². The van der Waals surface area contributed by atoms with Crippen LogP contribution in [-0.4, -0.2) is 94.5 Å². The number of aliphatic hydroxyl groups is 1. The zero-order valence-electron chi connectivity index (χ0n) is 33.2. The van der Waals surface area contributed by atoms with E-state index in [-0.39, 0.29) is 40.7 Å². The van der Waals surface area contributed by atoms with Gasteiger partial charge in [-0.3, -0.25) is 24.6 Å². The third kappa shape index (κ3) is 8.51. The Balaban J connectivity index is 0.814. The Morgan fingerprint density at radius 1 is 0.966 bits per heavy atom. The fourth-order valence-corrected chi connectivity index (χ4v) is 9.83. The van der Waals surface area contributed by atoms with Gasteiger partial charge >= 0.3 is 0 Å². The number of hydrogen-bond acceptors (Lipinski definition) is 12. The van der Waals surface area contributed by atoms with Crippen molar-refractivity contribution < 1.29 is 27.9 Å².